The number of halogens is 1. The third-order valence-corrected chi connectivity index (χ3v) is 5.97. The summed E-state index contributed by atoms with van der Waals surface area (Å²) in [6.45, 7) is 3.72. The molecule has 0 aromatic carbocycles. The van der Waals surface area contributed by atoms with E-state index in [0.717, 1.165) is 25.7 Å². The Morgan fingerprint density at radius 1 is 1.33 bits per heavy atom. The van der Waals surface area contributed by atoms with Gasteiger partial charge in [-0.25, -0.2) is 4.98 Å². The van der Waals surface area contributed by atoms with Crippen molar-refractivity contribution >= 4 is 11.7 Å². The second-order valence-electron chi connectivity index (χ2n) is 7.79. The molecule has 2 aromatic rings. The van der Waals surface area contributed by atoms with E-state index in [1.54, 1.807) is 17.9 Å². The Hall–Kier alpha value is -2.49. The number of fused-ring (bicyclic) bond motifs is 6. The molecular formula is C17H22FN7O2. The molecule has 3 unspecified atom stereocenters. The van der Waals surface area contributed by atoms with Crippen molar-refractivity contribution in [2.24, 2.45) is 11.0 Å². The number of anilines is 1. The van der Waals surface area contributed by atoms with E-state index in [1.807, 2.05) is 18.7 Å². The molecule has 0 spiro atoms. The average molecular weight is 375 g/mol. The number of hydrazone groups is 1. The van der Waals surface area contributed by atoms with Crippen molar-refractivity contribution in [2.45, 2.75) is 57.3 Å². The van der Waals surface area contributed by atoms with Gasteiger partial charge < -0.3 is 9.26 Å². The predicted octanol–water partition coefficient (Wildman–Crippen LogP) is 2.13. The summed E-state index contributed by atoms with van der Waals surface area (Å²) >= 11 is 0. The van der Waals surface area contributed by atoms with E-state index in [1.165, 1.54) is 0 Å². The highest BCUT2D eigenvalue weighted by molar-refractivity contribution is 6.08. The van der Waals surface area contributed by atoms with Crippen molar-refractivity contribution in [3.63, 3.8) is 0 Å². The Balaban J connectivity index is 1.56. The number of hydrogen-bond acceptors (Lipinski definition) is 8. The van der Waals surface area contributed by atoms with E-state index in [-0.39, 0.29) is 24.0 Å². The maximum atomic E-state index is 14.5. The van der Waals surface area contributed by atoms with Crippen LogP contribution in [0.3, 0.4) is 0 Å². The number of nitrogens with zero attached hydrogens (tertiary/aromatic N) is 6. The maximum absolute atomic E-state index is 14.5. The molecule has 2 aliphatic heterocycles. The highest BCUT2D eigenvalue weighted by atomic mass is 19.1. The molecule has 0 bridgehead atoms. The Morgan fingerprint density at radius 3 is 2.96 bits per heavy atom. The summed E-state index contributed by atoms with van der Waals surface area (Å²) in [7, 11) is 1.59. The summed E-state index contributed by atoms with van der Waals surface area (Å²) in [5.74, 6) is 2.07. The highest BCUT2D eigenvalue weighted by Crippen LogP contribution is 2.46. The van der Waals surface area contributed by atoms with Crippen LogP contribution in [0.4, 0.5) is 10.2 Å². The molecule has 144 valence electrons. The van der Waals surface area contributed by atoms with E-state index in [9.17, 15) is 4.39 Å². The van der Waals surface area contributed by atoms with Gasteiger partial charge in [0.1, 0.15) is 17.6 Å². The quantitative estimate of drug-likeness (QED) is 0.878. The van der Waals surface area contributed by atoms with Crippen LogP contribution in [0.2, 0.25) is 0 Å². The van der Waals surface area contributed by atoms with Gasteiger partial charge in [0.05, 0.1) is 6.20 Å². The van der Waals surface area contributed by atoms with Crippen LogP contribution >= 0.6 is 0 Å². The van der Waals surface area contributed by atoms with Crippen molar-refractivity contribution in [2.75, 3.05) is 12.0 Å². The number of rotatable bonds is 3. The fourth-order valence-electron chi connectivity index (χ4n) is 4.35. The summed E-state index contributed by atoms with van der Waals surface area (Å²) < 4.78 is 27.1. The fraction of sp³-hybridized carbons (Fsp3) is 0.647. The smallest absolute Gasteiger partial charge is 0.295 e. The van der Waals surface area contributed by atoms with Crippen LogP contribution in [0.1, 0.15) is 57.3 Å². The molecule has 0 amide bonds. The molecule has 0 saturated heterocycles. The number of nitrogens with one attached hydrogen (secondary N) is 1. The molecule has 1 aliphatic carbocycles. The number of hydrogen-bond donors (Lipinski definition) is 1. The molecular weight excluding hydrogens is 353 g/mol. The van der Waals surface area contributed by atoms with Gasteiger partial charge >= 0.3 is 0 Å². The first-order chi connectivity index (χ1) is 13.0. The molecule has 27 heavy (non-hydrogen) atoms. The highest BCUT2D eigenvalue weighted by Gasteiger charge is 2.49. The van der Waals surface area contributed by atoms with Gasteiger partial charge in [0, 0.05) is 19.1 Å². The third-order valence-electron chi connectivity index (χ3n) is 5.97. The summed E-state index contributed by atoms with van der Waals surface area (Å²) in [5.41, 5.74) is 2.53. The Morgan fingerprint density at radius 2 is 2.15 bits per heavy atom. The lowest BCUT2D eigenvalue weighted by atomic mass is 9.80. The third kappa shape index (κ3) is 2.32. The number of amidine groups is 1. The Kier molecular flexibility index (Phi) is 3.55. The lowest BCUT2D eigenvalue weighted by Crippen LogP contribution is -2.54. The second-order valence-corrected chi connectivity index (χ2v) is 7.79. The van der Waals surface area contributed by atoms with Crippen molar-refractivity contribution < 1.29 is 13.7 Å². The molecule has 3 atom stereocenters. The first kappa shape index (κ1) is 16.7. The van der Waals surface area contributed by atoms with Crippen molar-refractivity contribution in [3.8, 4) is 0 Å². The van der Waals surface area contributed by atoms with Gasteiger partial charge in [-0.1, -0.05) is 18.0 Å². The largest absolute Gasteiger partial charge is 0.371 e. The van der Waals surface area contributed by atoms with Crippen LogP contribution < -0.4 is 10.3 Å². The molecule has 9 nitrogen and oxygen atoms in total. The van der Waals surface area contributed by atoms with Crippen LogP contribution in [-0.2, 0) is 10.3 Å². The van der Waals surface area contributed by atoms with Gasteiger partial charge in [-0.05, 0) is 26.7 Å². The van der Waals surface area contributed by atoms with Crippen molar-refractivity contribution in [1.82, 2.24) is 25.1 Å². The minimum absolute atomic E-state index is 0.0697. The number of methoxy groups -OCH3 is 1. The number of aromatic nitrogens is 4. The number of ether oxygens (including phenoxy) is 1. The molecule has 3 aliphatic rings. The minimum atomic E-state index is -0.683. The zero-order valence-electron chi connectivity index (χ0n) is 15.5. The van der Waals surface area contributed by atoms with Gasteiger partial charge in [0.25, 0.3) is 12.0 Å². The summed E-state index contributed by atoms with van der Waals surface area (Å²) in [5, 5.41) is 8.50. The maximum Gasteiger partial charge on any atom is 0.295 e. The molecule has 1 N–H and O–H groups in total. The van der Waals surface area contributed by atoms with Crippen LogP contribution in [0.15, 0.2) is 15.8 Å². The minimum Gasteiger partial charge on any atom is -0.371 e. The molecule has 4 heterocycles. The normalized spacial score (nSPS) is 26.9. The first-order valence-corrected chi connectivity index (χ1v) is 9.26. The van der Waals surface area contributed by atoms with Crippen molar-refractivity contribution in [3.05, 3.63) is 24.0 Å². The summed E-state index contributed by atoms with van der Waals surface area (Å²) in [4.78, 5) is 10.3. The molecule has 2 aromatic heterocycles. The molecule has 10 heteroatoms. The molecule has 1 fully saturated rings. The second kappa shape index (κ2) is 5.75. The topological polar surface area (TPSA) is 93.6 Å². The zero-order chi connectivity index (χ0) is 18.8. The standard InChI is InChI=1S/C17H22FN7O2/c1-17(2,26-3)15-20-14(27-23-15)13-22-21-12-9-6-4-5-7-10(9)24-11(25(12)13)8-19-16(24)18/h8-10,12,21H,4-7H2,1-3H3. The van der Waals surface area contributed by atoms with E-state index in [0.29, 0.717) is 17.5 Å². The van der Waals surface area contributed by atoms with Crippen LogP contribution in [0.5, 0.6) is 0 Å². The van der Waals surface area contributed by atoms with Gasteiger partial charge in [-0.3, -0.25) is 14.9 Å². The van der Waals surface area contributed by atoms with E-state index >= 15 is 0 Å². The van der Waals surface area contributed by atoms with Gasteiger partial charge in [0.15, 0.2) is 0 Å². The predicted molar refractivity (Wildman–Crippen MR) is 93.5 cm³/mol. The average Bonchev–Trinajstić information content (AvgIpc) is 3.39. The fourth-order valence-corrected chi connectivity index (χ4v) is 4.35. The van der Waals surface area contributed by atoms with Crippen LogP contribution in [0, 0.1) is 12.0 Å². The Labute approximate surface area is 155 Å². The molecule has 5 rings (SSSR count). The van der Waals surface area contributed by atoms with E-state index in [4.69, 9.17) is 9.26 Å². The zero-order valence-corrected chi connectivity index (χ0v) is 15.5. The summed E-state index contributed by atoms with van der Waals surface area (Å²) in [6.07, 6.45) is 5.19. The van der Waals surface area contributed by atoms with Crippen molar-refractivity contribution in [1.29, 1.82) is 0 Å². The molecule has 1 saturated carbocycles. The lowest BCUT2D eigenvalue weighted by Gasteiger charge is -2.45. The monoisotopic (exact) mass is 375 g/mol. The summed E-state index contributed by atoms with van der Waals surface area (Å²) in [6, 6.07) is 0.0882. The lowest BCUT2D eigenvalue weighted by molar-refractivity contribution is 0.00973. The van der Waals surface area contributed by atoms with E-state index in [2.05, 4.69) is 25.7 Å². The van der Waals surface area contributed by atoms with Gasteiger partial charge in [-0.2, -0.15) is 14.5 Å². The van der Waals surface area contributed by atoms with Gasteiger partial charge in [-0.15, -0.1) is 0 Å². The SMILES string of the molecule is COC(C)(C)c1noc(C2=NNC3C4CCCCC4n4c(cnc4F)N23)n1. The Bertz CT molecular complexity index is 905. The first-order valence-electron chi connectivity index (χ1n) is 9.26. The van der Waals surface area contributed by atoms with Crippen LogP contribution in [-0.4, -0.2) is 38.8 Å². The van der Waals surface area contributed by atoms with Gasteiger partial charge in [0.2, 0.25) is 11.7 Å². The van der Waals surface area contributed by atoms with E-state index < -0.39 is 11.7 Å². The molecule has 0 radical (unpaired) electrons. The van der Waals surface area contributed by atoms with Crippen LogP contribution in [0.25, 0.3) is 0 Å². The number of imidazole rings is 1.